The third kappa shape index (κ3) is 3.34. The largest absolute Gasteiger partial charge is 0.206 e. The van der Waals surface area contributed by atoms with E-state index in [1.165, 1.54) is 6.07 Å². The highest BCUT2D eigenvalue weighted by molar-refractivity contribution is 9.11. The van der Waals surface area contributed by atoms with Crippen LogP contribution in [0.1, 0.15) is 16.0 Å². The molecule has 1 unspecified atom stereocenters. The van der Waals surface area contributed by atoms with Gasteiger partial charge in [0, 0.05) is 9.85 Å². The molecule has 0 saturated heterocycles. The number of rotatable bonds is 3. The minimum Gasteiger partial charge on any atom is -0.206 e. The fourth-order valence-corrected chi connectivity index (χ4v) is 3.43. The molecule has 1 atom stereocenters. The van der Waals surface area contributed by atoms with Crippen LogP contribution in [-0.2, 0) is 6.42 Å². The van der Waals surface area contributed by atoms with Gasteiger partial charge in [0.1, 0.15) is 5.82 Å². The van der Waals surface area contributed by atoms with Gasteiger partial charge in [-0.05, 0) is 51.7 Å². The van der Waals surface area contributed by atoms with Gasteiger partial charge in [0.15, 0.2) is 0 Å². The molecule has 0 bridgehead atoms. The summed E-state index contributed by atoms with van der Waals surface area (Å²) in [5.74, 6) is -0.243. The second kappa shape index (κ2) is 6.18. The Bertz CT molecular complexity index is 540. The average Bonchev–Trinajstić information content (AvgIpc) is 2.35. The van der Waals surface area contributed by atoms with Gasteiger partial charge in [0.25, 0.3) is 0 Å². The van der Waals surface area contributed by atoms with Crippen molar-refractivity contribution in [2.75, 3.05) is 0 Å². The Hall–Kier alpha value is -0.380. The molecule has 0 heterocycles. The van der Waals surface area contributed by atoms with Gasteiger partial charge in [-0.15, -0.1) is 0 Å². The molecule has 0 aromatic heterocycles. The molecule has 18 heavy (non-hydrogen) atoms. The topological polar surface area (TPSA) is 0 Å². The van der Waals surface area contributed by atoms with Gasteiger partial charge in [-0.1, -0.05) is 51.8 Å². The van der Waals surface area contributed by atoms with E-state index in [2.05, 4.69) is 31.9 Å². The Morgan fingerprint density at radius 3 is 2.44 bits per heavy atom. The van der Waals surface area contributed by atoms with E-state index in [1.54, 1.807) is 6.07 Å². The molecular weight excluding hydrogens is 382 g/mol. The molecule has 0 N–H and O–H groups in total. The van der Waals surface area contributed by atoms with Crippen LogP contribution in [0.4, 0.5) is 4.39 Å². The number of alkyl halides is 1. The van der Waals surface area contributed by atoms with Crippen molar-refractivity contribution in [3.63, 3.8) is 0 Å². The molecule has 0 amide bonds. The fraction of sp³-hybridized carbons (Fsp3) is 0.143. The van der Waals surface area contributed by atoms with Crippen LogP contribution in [0.5, 0.6) is 0 Å². The highest BCUT2D eigenvalue weighted by atomic mass is 79.9. The van der Waals surface area contributed by atoms with Crippen molar-refractivity contribution in [2.24, 2.45) is 0 Å². The molecule has 2 rings (SSSR count). The van der Waals surface area contributed by atoms with Gasteiger partial charge in [0.2, 0.25) is 0 Å². The summed E-state index contributed by atoms with van der Waals surface area (Å²) >= 11 is 12.7. The minimum absolute atomic E-state index is 0.0590. The van der Waals surface area contributed by atoms with Gasteiger partial charge in [0.05, 0.1) is 4.47 Å². The third-order valence-electron chi connectivity index (χ3n) is 2.65. The van der Waals surface area contributed by atoms with E-state index in [4.69, 9.17) is 11.6 Å². The summed E-state index contributed by atoms with van der Waals surface area (Å²) in [4.78, 5) is 0.0590. The zero-order valence-electron chi connectivity index (χ0n) is 9.34. The first-order valence-electron chi connectivity index (χ1n) is 5.40. The minimum atomic E-state index is -0.243. The smallest absolute Gasteiger partial charge is 0.137 e. The summed E-state index contributed by atoms with van der Waals surface area (Å²) in [6.45, 7) is 0. The first-order valence-corrected chi connectivity index (χ1v) is 7.49. The second-order valence-electron chi connectivity index (χ2n) is 3.94. The third-order valence-corrected chi connectivity index (χ3v) is 4.55. The second-order valence-corrected chi connectivity index (χ2v) is 6.28. The lowest BCUT2D eigenvalue weighted by Crippen LogP contribution is -1.97. The first-order chi connectivity index (χ1) is 8.58. The molecule has 0 nitrogen and oxygen atoms in total. The fourth-order valence-electron chi connectivity index (χ4n) is 1.70. The summed E-state index contributed by atoms with van der Waals surface area (Å²) < 4.78 is 14.0. The lowest BCUT2D eigenvalue weighted by atomic mass is 10.0. The van der Waals surface area contributed by atoms with Crippen molar-refractivity contribution in [3.05, 3.63) is 68.9 Å². The summed E-state index contributed by atoms with van der Waals surface area (Å²) in [6.07, 6.45) is 0.777. The number of halogens is 4. The summed E-state index contributed by atoms with van der Waals surface area (Å²) in [7, 11) is 0. The normalized spacial score (nSPS) is 12.4. The van der Waals surface area contributed by atoms with E-state index >= 15 is 0 Å². The number of benzene rings is 2. The maximum Gasteiger partial charge on any atom is 0.137 e. The highest BCUT2D eigenvalue weighted by Crippen LogP contribution is 2.33. The SMILES string of the molecule is Fc1cccc(C(Br)Cc2ccc(Cl)cc2)c1Br. The molecule has 0 aliphatic rings. The Morgan fingerprint density at radius 1 is 1.11 bits per heavy atom. The molecule has 0 spiro atoms. The molecule has 2 aromatic rings. The highest BCUT2D eigenvalue weighted by Gasteiger charge is 2.14. The maximum absolute atomic E-state index is 13.4. The predicted molar refractivity (Wildman–Crippen MR) is 80.9 cm³/mol. The van der Waals surface area contributed by atoms with Crippen LogP contribution in [0.2, 0.25) is 5.02 Å². The van der Waals surface area contributed by atoms with Crippen LogP contribution in [0.3, 0.4) is 0 Å². The van der Waals surface area contributed by atoms with Gasteiger partial charge < -0.3 is 0 Å². The molecule has 0 aliphatic heterocycles. The molecule has 0 fully saturated rings. The molecule has 0 aliphatic carbocycles. The van der Waals surface area contributed by atoms with E-state index in [9.17, 15) is 4.39 Å². The molecule has 4 heteroatoms. The van der Waals surface area contributed by atoms with Gasteiger partial charge in [-0.3, -0.25) is 0 Å². The van der Waals surface area contributed by atoms with E-state index < -0.39 is 0 Å². The predicted octanol–water partition coefficient (Wildman–Crippen LogP) is 5.92. The van der Waals surface area contributed by atoms with Crippen molar-refractivity contribution in [2.45, 2.75) is 11.2 Å². The monoisotopic (exact) mass is 390 g/mol. The van der Waals surface area contributed by atoms with Crippen molar-refractivity contribution < 1.29 is 4.39 Å². The van der Waals surface area contributed by atoms with Crippen LogP contribution in [0.15, 0.2) is 46.9 Å². The van der Waals surface area contributed by atoms with Gasteiger partial charge >= 0.3 is 0 Å². The molecule has 2 aromatic carbocycles. The Kier molecular flexibility index (Phi) is 4.82. The van der Waals surface area contributed by atoms with Crippen molar-refractivity contribution >= 4 is 43.5 Å². The zero-order valence-corrected chi connectivity index (χ0v) is 13.3. The van der Waals surface area contributed by atoms with Crippen molar-refractivity contribution in [1.29, 1.82) is 0 Å². The molecular formula is C14H10Br2ClF. The van der Waals surface area contributed by atoms with Crippen LogP contribution in [0, 0.1) is 5.82 Å². The Labute approximate surface area is 127 Å². The zero-order chi connectivity index (χ0) is 13.1. The van der Waals surface area contributed by atoms with Crippen molar-refractivity contribution in [1.82, 2.24) is 0 Å². The quantitative estimate of drug-likeness (QED) is 0.569. The van der Waals surface area contributed by atoms with E-state index in [0.29, 0.717) is 4.47 Å². The van der Waals surface area contributed by atoms with Crippen LogP contribution in [-0.4, -0.2) is 0 Å². The Morgan fingerprint density at radius 2 is 1.78 bits per heavy atom. The maximum atomic E-state index is 13.4. The number of hydrogen-bond donors (Lipinski definition) is 0. The van der Waals surface area contributed by atoms with Crippen LogP contribution < -0.4 is 0 Å². The summed E-state index contributed by atoms with van der Waals surface area (Å²) in [5, 5.41) is 0.719. The molecule has 94 valence electrons. The van der Waals surface area contributed by atoms with Gasteiger partial charge in [-0.25, -0.2) is 4.39 Å². The standard InChI is InChI=1S/C14H10Br2ClF/c15-12(8-9-4-6-10(17)7-5-9)11-2-1-3-13(18)14(11)16/h1-7,12H,8H2. The lowest BCUT2D eigenvalue weighted by molar-refractivity contribution is 0.617. The van der Waals surface area contributed by atoms with Gasteiger partial charge in [-0.2, -0.15) is 0 Å². The lowest BCUT2D eigenvalue weighted by Gasteiger charge is -2.12. The first kappa shape index (κ1) is 14.0. The van der Waals surface area contributed by atoms with Crippen molar-refractivity contribution in [3.8, 4) is 0 Å². The van der Waals surface area contributed by atoms with E-state index in [-0.39, 0.29) is 10.6 Å². The Balaban J connectivity index is 2.19. The van der Waals surface area contributed by atoms with E-state index in [1.807, 2.05) is 30.3 Å². The molecule has 0 radical (unpaired) electrons. The molecule has 0 saturated carbocycles. The summed E-state index contributed by atoms with van der Waals surface area (Å²) in [6, 6.07) is 12.7. The summed E-state index contributed by atoms with van der Waals surface area (Å²) in [5.41, 5.74) is 2.06. The van der Waals surface area contributed by atoms with Crippen LogP contribution in [0.25, 0.3) is 0 Å². The number of hydrogen-bond acceptors (Lipinski definition) is 0. The van der Waals surface area contributed by atoms with Crippen LogP contribution >= 0.6 is 43.5 Å². The average molecular weight is 392 g/mol. The van der Waals surface area contributed by atoms with E-state index in [0.717, 1.165) is 22.6 Å².